The molecule has 1 aliphatic carbocycles. The first kappa shape index (κ1) is 27.0. The molecule has 1 aromatic carbocycles. The summed E-state index contributed by atoms with van der Waals surface area (Å²) < 4.78 is 146. The van der Waals surface area contributed by atoms with E-state index in [1.807, 2.05) is 0 Å². The van der Waals surface area contributed by atoms with Crippen LogP contribution >= 0.6 is 0 Å². The van der Waals surface area contributed by atoms with Gasteiger partial charge in [0.1, 0.15) is 28.5 Å². The molecule has 0 aromatic heterocycles. The fraction of sp³-hybridized carbons (Fsp3) is 0.636. The summed E-state index contributed by atoms with van der Waals surface area (Å²) in [5.74, 6) is -8.84. The molecule has 0 spiro atoms. The predicted molar refractivity (Wildman–Crippen MR) is 102 cm³/mol. The number of fused-ring (bicyclic) bond motifs is 2. The Labute approximate surface area is 199 Å². The van der Waals surface area contributed by atoms with Crippen molar-refractivity contribution in [2.75, 3.05) is 13.2 Å². The Morgan fingerprint density at radius 2 is 1.47 bits per heavy atom. The minimum Gasteiger partial charge on any atom is -0.432 e. The van der Waals surface area contributed by atoms with Crippen LogP contribution in [0.5, 0.6) is 5.75 Å². The Bertz CT molecular complexity index is 971. The van der Waals surface area contributed by atoms with Crippen LogP contribution in [0.2, 0.25) is 0 Å². The van der Waals surface area contributed by atoms with Gasteiger partial charge in [-0.15, -0.1) is 13.2 Å². The first-order chi connectivity index (χ1) is 16.6. The largest absolute Gasteiger partial charge is 0.527 e. The van der Waals surface area contributed by atoms with Gasteiger partial charge in [-0.1, -0.05) is 12.2 Å². The van der Waals surface area contributed by atoms with E-state index >= 15 is 0 Å². The maximum atomic E-state index is 14.8. The number of ether oxygens (including phenoxy) is 5. The van der Waals surface area contributed by atoms with Crippen LogP contribution in [0.15, 0.2) is 24.3 Å². The minimum absolute atomic E-state index is 0.0576. The zero-order valence-electron chi connectivity index (χ0n) is 18.6. The number of allylic oxidation sites excluding steroid dienone is 1. The number of rotatable bonds is 7. The van der Waals surface area contributed by atoms with Gasteiger partial charge in [0.25, 0.3) is 5.97 Å². The lowest BCUT2D eigenvalue weighted by Crippen LogP contribution is -2.45. The van der Waals surface area contributed by atoms with Gasteiger partial charge in [-0.25, -0.2) is 13.5 Å². The van der Waals surface area contributed by atoms with E-state index in [1.165, 1.54) is 0 Å². The van der Waals surface area contributed by atoms with Gasteiger partial charge in [0.05, 0.1) is 19.1 Å². The number of halogens is 9. The number of benzene rings is 1. The Kier molecular flexibility index (Phi) is 6.80. The minimum atomic E-state index is -5.92. The quantitative estimate of drug-likeness (QED) is 0.299. The second-order valence-electron chi connectivity index (χ2n) is 8.89. The monoisotopic (exact) mass is 536 g/mol. The molecule has 2 bridgehead atoms. The van der Waals surface area contributed by atoms with Gasteiger partial charge >= 0.3 is 18.6 Å². The number of alkyl halides is 7. The molecule has 3 aliphatic rings. The zero-order chi connectivity index (χ0) is 26.6. The maximum Gasteiger partial charge on any atom is 0.527 e. The van der Waals surface area contributed by atoms with Gasteiger partial charge < -0.3 is 18.9 Å². The van der Waals surface area contributed by atoms with Crippen LogP contribution in [0.3, 0.4) is 0 Å². The SMILES string of the molecule is CC=CC12COC(C3CCC(C(F)(F)Oc4cc(F)c(C(F)(F)OC(F)(F)F)c(F)c4)CC3)(OC1)O2. The van der Waals surface area contributed by atoms with Gasteiger partial charge in [0.2, 0.25) is 0 Å². The van der Waals surface area contributed by atoms with E-state index in [2.05, 4.69) is 9.47 Å². The van der Waals surface area contributed by atoms with E-state index in [-0.39, 0.29) is 56.9 Å². The lowest BCUT2D eigenvalue weighted by molar-refractivity contribution is -0.432. The van der Waals surface area contributed by atoms with Crippen LogP contribution in [0.1, 0.15) is 38.2 Å². The summed E-state index contributed by atoms with van der Waals surface area (Å²) in [5, 5.41) is 0. The molecule has 0 amide bonds. The number of hydrogen-bond acceptors (Lipinski definition) is 5. The lowest BCUT2D eigenvalue weighted by Gasteiger charge is -2.38. The van der Waals surface area contributed by atoms with Crippen LogP contribution in [-0.4, -0.2) is 37.3 Å². The Morgan fingerprint density at radius 1 is 0.917 bits per heavy atom. The van der Waals surface area contributed by atoms with Crippen LogP contribution in [0.4, 0.5) is 39.5 Å². The van der Waals surface area contributed by atoms with Crippen molar-refractivity contribution in [1.29, 1.82) is 0 Å². The normalized spacial score (nSPS) is 31.4. The second-order valence-corrected chi connectivity index (χ2v) is 8.89. The van der Waals surface area contributed by atoms with E-state index in [0.29, 0.717) is 0 Å². The van der Waals surface area contributed by atoms with Crippen molar-refractivity contribution in [3.8, 4) is 5.75 Å². The molecule has 1 saturated carbocycles. The topological polar surface area (TPSA) is 46.2 Å². The molecule has 2 saturated heterocycles. The Balaban J connectivity index is 1.41. The van der Waals surface area contributed by atoms with Crippen molar-refractivity contribution < 1.29 is 63.2 Å². The highest BCUT2D eigenvalue weighted by Gasteiger charge is 2.62. The molecule has 202 valence electrons. The summed E-state index contributed by atoms with van der Waals surface area (Å²) in [6, 6.07) is -0.115. The third kappa shape index (κ3) is 5.18. The molecule has 2 aliphatic heterocycles. The lowest BCUT2D eigenvalue weighted by atomic mass is 9.80. The van der Waals surface area contributed by atoms with E-state index in [4.69, 9.17) is 14.2 Å². The van der Waals surface area contributed by atoms with Gasteiger partial charge in [0.15, 0.2) is 0 Å². The zero-order valence-corrected chi connectivity index (χ0v) is 18.6. The molecule has 5 nitrogen and oxygen atoms in total. The van der Waals surface area contributed by atoms with Crippen molar-refractivity contribution in [1.82, 2.24) is 0 Å². The summed E-state index contributed by atoms with van der Waals surface area (Å²) in [4.78, 5) is 0. The Hall–Kier alpha value is -2.03. The summed E-state index contributed by atoms with van der Waals surface area (Å²) >= 11 is 0. The highest BCUT2D eigenvalue weighted by atomic mass is 19.4. The summed E-state index contributed by atoms with van der Waals surface area (Å²) in [7, 11) is 0. The highest BCUT2D eigenvalue weighted by molar-refractivity contribution is 5.32. The molecule has 0 radical (unpaired) electrons. The number of hydrogen-bond donors (Lipinski definition) is 0. The average molecular weight is 536 g/mol. The molecule has 2 heterocycles. The smallest absolute Gasteiger partial charge is 0.432 e. The van der Waals surface area contributed by atoms with Crippen molar-refractivity contribution >= 4 is 0 Å². The van der Waals surface area contributed by atoms with Gasteiger partial charge in [0, 0.05) is 18.1 Å². The van der Waals surface area contributed by atoms with Gasteiger partial charge in [-0.3, -0.25) is 0 Å². The first-order valence-electron chi connectivity index (χ1n) is 10.9. The summed E-state index contributed by atoms with van der Waals surface area (Å²) in [6.45, 7) is 2.30. The fourth-order valence-electron chi connectivity index (χ4n) is 4.79. The molecule has 1 aromatic rings. The van der Waals surface area contributed by atoms with Crippen molar-refractivity contribution in [3.63, 3.8) is 0 Å². The molecule has 0 atom stereocenters. The molecule has 14 heteroatoms. The Morgan fingerprint density at radius 3 is 1.97 bits per heavy atom. The fourth-order valence-corrected chi connectivity index (χ4v) is 4.79. The molecule has 0 N–H and O–H groups in total. The summed E-state index contributed by atoms with van der Waals surface area (Å²) in [6.07, 6.45) is -11.6. The van der Waals surface area contributed by atoms with Gasteiger partial charge in [-0.05, 0) is 32.6 Å². The van der Waals surface area contributed by atoms with Crippen molar-refractivity contribution in [2.45, 2.75) is 62.8 Å². The maximum absolute atomic E-state index is 14.8. The van der Waals surface area contributed by atoms with Crippen LogP contribution < -0.4 is 4.74 Å². The molecular formula is C22H21F9O5. The predicted octanol–water partition coefficient (Wildman–Crippen LogP) is 6.37. The van der Waals surface area contributed by atoms with Crippen molar-refractivity contribution in [3.05, 3.63) is 41.5 Å². The molecular weight excluding hydrogens is 515 g/mol. The molecule has 36 heavy (non-hydrogen) atoms. The van der Waals surface area contributed by atoms with Crippen LogP contribution in [0, 0.1) is 23.5 Å². The molecule has 4 rings (SSSR count). The van der Waals surface area contributed by atoms with E-state index in [1.54, 1.807) is 19.1 Å². The highest BCUT2D eigenvalue weighted by Crippen LogP contribution is 2.52. The van der Waals surface area contributed by atoms with Gasteiger partial charge in [-0.2, -0.15) is 17.6 Å². The van der Waals surface area contributed by atoms with Crippen molar-refractivity contribution in [2.24, 2.45) is 11.8 Å². The van der Waals surface area contributed by atoms with E-state index in [9.17, 15) is 39.5 Å². The van der Waals surface area contributed by atoms with E-state index < -0.39 is 59.0 Å². The molecule has 3 fully saturated rings. The standard InChI is InChI=1S/C22H21F9O5/c1-2-7-18-10-32-21(35-18,33-11-18)13-5-3-12(4-6-13)19(25,26)34-14-8-15(23)17(16(24)9-14)20(27,28)36-22(29,30)31/h2,7-9,12-13H,3-6,10-11H2,1H3. The third-order valence-electron chi connectivity index (χ3n) is 6.36. The third-order valence-corrected chi connectivity index (χ3v) is 6.36. The first-order valence-corrected chi connectivity index (χ1v) is 10.9. The average Bonchev–Trinajstić information content (AvgIpc) is 3.28. The van der Waals surface area contributed by atoms with Crippen LogP contribution in [0.25, 0.3) is 0 Å². The van der Waals surface area contributed by atoms with E-state index in [0.717, 1.165) is 0 Å². The van der Waals surface area contributed by atoms with Crippen LogP contribution in [-0.2, 0) is 25.1 Å². The summed E-state index contributed by atoms with van der Waals surface area (Å²) in [5.41, 5.74) is -3.13. The second kappa shape index (κ2) is 9.07. The molecule has 0 unspecified atom stereocenters.